The van der Waals surface area contributed by atoms with Gasteiger partial charge >= 0.3 is 0 Å². The minimum atomic E-state index is -0.806. The van der Waals surface area contributed by atoms with Gasteiger partial charge in [-0.25, -0.2) is 9.07 Å². The van der Waals surface area contributed by atoms with E-state index in [0.717, 1.165) is 24.1 Å². The Bertz CT molecular complexity index is 1090. The number of aryl methyl sites for hydroxylation is 1. The third-order valence-electron chi connectivity index (χ3n) is 6.83. The molecule has 2 aromatic rings. The predicted molar refractivity (Wildman–Crippen MR) is 129 cm³/mol. The summed E-state index contributed by atoms with van der Waals surface area (Å²) in [6.07, 6.45) is 3.69. The number of β-amino-alcohol motifs (C(OH)–C–C–N with tert-alkyl or cyclic N) is 1. The number of hydrogen-bond acceptors (Lipinski definition) is 5. The van der Waals surface area contributed by atoms with Gasteiger partial charge in [0.05, 0.1) is 11.8 Å². The molecule has 2 fully saturated rings. The molecule has 1 aromatic heterocycles. The molecular formula is C26H36FN5O3. The maximum Gasteiger partial charge on any atom is 0.248 e. The molecule has 2 amide bonds. The van der Waals surface area contributed by atoms with Gasteiger partial charge in [0.25, 0.3) is 0 Å². The average Bonchev–Trinajstić information content (AvgIpc) is 3.36. The van der Waals surface area contributed by atoms with Crippen LogP contribution in [-0.2, 0) is 16.0 Å². The molecule has 1 aliphatic carbocycles. The zero-order valence-corrected chi connectivity index (χ0v) is 21.2. The van der Waals surface area contributed by atoms with E-state index in [9.17, 15) is 19.1 Å². The number of aliphatic hydroxyl groups is 1. The molecular weight excluding hydrogens is 449 g/mol. The average molecular weight is 486 g/mol. The second kappa shape index (κ2) is 9.68. The number of aromatic nitrogens is 3. The first-order valence-corrected chi connectivity index (χ1v) is 12.4. The number of rotatable bonds is 7. The van der Waals surface area contributed by atoms with E-state index in [-0.39, 0.29) is 36.6 Å². The highest BCUT2D eigenvalue weighted by Crippen LogP contribution is 2.40. The summed E-state index contributed by atoms with van der Waals surface area (Å²) in [6.45, 7) is 9.57. The lowest BCUT2D eigenvalue weighted by Gasteiger charge is -2.34. The van der Waals surface area contributed by atoms with Crippen LogP contribution in [0.1, 0.15) is 75.7 Å². The van der Waals surface area contributed by atoms with Gasteiger partial charge < -0.3 is 15.3 Å². The number of aliphatic hydroxyl groups excluding tert-OH is 1. The number of hydrogen-bond donors (Lipinski definition) is 2. The molecule has 1 aliphatic heterocycles. The zero-order chi connectivity index (χ0) is 25.5. The Kier molecular flexibility index (Phi) is 6.99. The van der Waals surface area contributed by atoms with E-state index >= 15 is 0 Å². The van der Waals surface area contributed by atoms with Gasteiger partial charge in [-0.2, -0.15) is 0 Å². The lowest BCUT2D eigenvalue weighted by molar-refractivity contribution is -0.144. The van der Waals surface area contributed by atoms with Gasteiger partial charge in [0.15, 0.2) is 0 Å². The Hall–Kier alpha value is -2.81. The van der Waals surface area contributed by atoms with Crippen molar-refractivity contribution in [1.29, 1.82) is 0 Å². The van der Waals surface area contributed by atoms with Crippen LogP contribution in [0.25, 0.3) is 0 Å². The molecule has 4 rings (SSSR count). The third kappa shape index (κ3) is 5.72. The normalized spacial score (nSPS) is 22.2. The Labute approximate surface area is 205 Å². The number of carbonyl (C=O) groups is 2. The first kappa shape index (κ1) is 25.3. The van der Waals surface area contributed by atoms with Crippen LogP contribution in [0.4, 0.5) is 4.39 Å². The number of nitrogens with zero attached hydrogens (tertiary/aromatic N) is 4. The van der Waals surface area contributed by atoms with Crippen LogP contribution in [0, 0.1) is 18.2 Å². The number of nitrogens with one attached hydrogen (secondary N) is 1. The van der Waals surface area contributed by atoms with E-state index in [1.54, 1.807) is 10.7 Å². The zero-order valence-electron chi connectivity index (χ0n) is 21.2. The van der Waals surface area contributed by atoms with Gasteiger partial charge in [0, 0.05) is 31.1 Å². The van der Waals surface area contributed by atoms with Gasteiger partial charge in [-0.15, -0.1) is 5.10 Å². The molecule has 4 unspecified atom stereocenters. The van der Waals surface area contributed by atoms with E-state index in [4.69, 9.17) is 0 Å². The first-order valence-electron chi connectivity index (χ1n) is 12.4. The van der Waals surface area contributed by atoms with Crippen molar-refractivity contribution in [1.82, 2.24) is 25.2 Å². The largest absolute Gasteiger partial charge is 0.391 e. The fourth-order valence-corrected chi connectivity index (χ4v) is 4.86. The third-order valence-corrected chi connectivity index (χ3v) is 6.83. The van der Waals surface area contributed by atoms with Crippen molar-refractivity contribution in [2.45, 2.75) is 90.4 Å². The number of benzene rings is 1. The molecule has 0 spiro atoms. The molecule has 1 aromatic carbocycles. The van der Waals surface area contributed by atoms with E-state index in [0.29, 0.717) is 17.9 Å². The van der Waals surface area contributed by atoms with E-state index < -0.39 is 23.6 Å². The molecule has 9 heteroatoms. The van der Waals surface area contributed by atoms with Crippen LogP contribution >= 0.6 is 0 Å². The monoisotopic (exact) mass is 485 g/mol. The summed E-state index contributed by atoms with van der Waals surface area (Å²) >= 11 is 0. The van der Waals surface area contributed by atoms with Gasteiger partial charge in [0.1, 0.15) is 17.9 Å². The van der Waals surface area contributed by atoms with E-state index in [1.807, 2.05) is 46.9 Å². The van der Waals surface area contributed by atoms with Gasteiger partial charge in [0.2, 0.25) is 11.8 Å². The van der Waals surface area contributed by atoms with Crippen molar-refractivity contribution in [3.63, 3.8) is 0 Å². The summed E-state index contributed by atoms with van der Waals surface area (Å²) in [5.74, 6) is -0.504. The highest BCUT2D eigenvalue weighted by Gasteiger charge is 2.45. The predicted octanol–water partition coefficient (Wildman–Crippen LogP) is 2.90. The summed E-state index contributed by atoms with van der Waals surface area (Å²) < 4.78 is 15.9. The first-order chi connectivity index (χ1) is 16.4. The molecule has 0 radical (unpaired) electrons. The fraction of sp³-hybridized carbons (Fsp3) is 0.615. The van der Waals surface area contributed by atoms with Crippen molar-refractivity contribution in [2.75, 3.05) is 6.54 Å². The molecule has 0 bridgehead atoms. The van der Waals surface area contributed by atoms with Crippen molar-refractivity contribution >= 4 is 11.8 Å². The standard InChI is InChI=1S/C26H36FN5O3/c1-15-6-7-18(20(27)10-15)11-16(2)28-24(34)22-12-19(33)13-31(22)25(35)23(26(3,4)5)32-14-21(29-30-32)17-8-9-17/h6-7,10,14,16-17,19,22-23,33H,8-9,11-13H2,1-5H3,(H,28,34). The SMILES string of the molecule is Cc1ccc(CC(C)NC(=O)C2CC(O)CN2C(=O)C(n2cc(C3CC3)nn2)C(C)(C)C)c(F)c1. The summed E-state index contributed by atoms with van der Waals surface area (Å²) in [4.78, 5) is 28.5. The Morgan fingerprint density at radius 1 is 1.29 bits per heavy atom. The van der Waals surface area contributed by atoms with Crippen LogP contribution < -0.4 is 5.32 Å². The number of likely N-dealkylation sites (tertiary alicyclic amines) is 1. The Balaban J connectivity index is 1.49. The summed E-state index contributed by atoms with van der Waals surface area (Å²) in [5.41, 5.74) is 1.76. The summed E-state index contributed by atoms with van der Waals surface area (Å²) in [6, 6.07) is 3.23. The van der Waals surface area contributed by atoms with Crippen LogP contribution in [0.2, 0.25) is 0 Å². The smallest absolute Gasteiger partial charge is 0.248 e. The topological polar surface area (TPSA) is 100 Å². The molecule has 2 N–H and O–H groups in total. The number of amides is 2. The van der Waals surface area contributed by atoms with Crippen LogP contribution in [0.5, 0.6) is 0 Å². The molecule has 2 aliphatic rings. The van der Waals surface area contributed by atoms with Crippen molar-refractivity contribution < 1.29 is 19.1 Å². The van der Waals surface area contributed by atoms with Crippen molar-refractivity contribution in [3.8, 4) is 0 Å². The van der Waals surface area contributed by atoms with Gasteiger partial charge in [-0.3, -0.25) is 9.59 Å². The molecule has 2 heterocycles. The quantitative estimate of drug-likeness (QED) is 0.628. The molecule has 35 heavy (non-hydrogen) atoms. The Morgan fingerprint density at radius 3 is 2.63 bits per heavy atom. The van der Waals surface area contributed by atoms with Crippen molar-refractivity contribution in [2.24, 2.45) is 5.41 Å². The molecule has 4 atom stereocenters. The van der Waals surface area contributed by atoms with E-state index in [1.165, 1.54) is 11.0 Å². The van der Waals surface area contributed by atoms with Gasteiger partial charge in [-0.05, 0) is 55.7 Å². The van der Waals surface area contributed by atoms with Crippen LogP contribution in [-0.4, -0.2) is 61.5 Å². The highest BCUT2D eigenvalue weighted by atomic mass is 19.1. The number of halogens is 1. The maximum absolute atomic E-state index is 14.3. The van der Waals surface area contributed by atoms with E-state index in [2.05, 4.69) is 15.6 Å². The fourth-order valence-electron chi connectivity index (χ4n) is 4.86. The lowest BCUT2D eigenvalue weighted by atomic mass is 9.85. The minimum absolute atomic E-state index is 0.0780. The molecule has 190 valence electrons. The molecule has 1 saturated carbocycles. The molecule has 8 nitrogen and oxygen atoms in total. The lowest BCUT2D eigenvalue weighted by Crippen LogP contribution is -2.51. The second-order valence-corrected chi connectivity index (χ2v) is 11.3. The van der Waals surface area contributed by atoms with Crippen molar-refractivity contribution in [3.05, 3.63) is 47.0 Å². The van der Waals surface area contributed by atoms with Crippen LogP contribution in [0.15, 0.2) is 24.4 Å². The minimum Gasteiger partial charge on any atom is -0.391 e. The van der Waals surface area contributed by atoms with Gasteiger partial charge in [-0.1, -0.05) is 38.1 Å². The summed E-state index contributed by atoms with van der Waals surface area (Å²) in [7, 11) is 0. The number of carbonyl (C=O) groups excluding carboxylic acids is 2. The highest BCUT2D eigenvalue weighted by molar-refractivity contribution is 5.90. The summed E-state index contributed by atoms with van der Waals surface area (Å²) in [5, 5.41) is 21.8. The Morgan fingerprint density at radius 2 is 2.00 bits per heavy atom. The molecule has 1 saturated heterocycles. The second-order valence-electron chi connectivity index (χ2n) is 11.3. The van der Waals surface area contributed by atoms with Crippen LogP contribution in [0.3, 0.4) is 0 Å². The maximum atomic E-state index is 14.3.